The summed E-state index contributed by atoms with van der Waals surface area (Å²) in [5.74, 6) is 0. The first-order valence-electron chi connectivity index (χ1n) is 3.13. The van der Waals surface area contributed by atoms with Crippen molar-refractivity contribution in [2.75, 3.05) is 0 Å². The third-order valence-electron chi connectivity index (χ3n) is 1.16. The Kier molecular flexibility index (Phi) is 4.33. The van der Waals surface area contributed by atoms with E-state index in [1.807, 2.05) is 6.92 Å². The number of hydrogen-bond acceptors (Lipinski definition) is 0. The van der Waals surface area contributed by atoms with Crippen molar-refractivity contribution in [1.82, 2.24) is 0 Å². The summed E-state index contributed by atoms with van der Waals surface area (Å²) in [4.78, 5) is 0. The van der Waals surface area contributed by atoms with Gasteiger partial charge in [-0.25, -0.2) is 0 Å². The molecule has 0 aliphatic rings. The van der Waals surface area contributed by atoms with Crippen molar-refractivity contribution in [3.63, 3.8) is 0 Å². The second-order valence-electron chi connectivity index (χ2n) is 1.72. The van der Waals surface area contributed by atoms with Crippen molar-refractivity contribution in [3.8, 4) is 0 Å². The van der Waals surface area contributed by atoms with E-state index in [0.29, 0.717) is 0 Å². The molecular weight excluding hydrogens is 96.1 g/mol. The smallest absolute Gasteiger partial charge is 0.0311 e. The van der Waals surface area contributed by atoms with Crippen LogP contribution in [-0.2, 0) is 0 Å². The summed E-state index contributed by atoms with van der Waals surface area (Å²) >= 11 is 0. The lowest BCUT2D eigenvalue weighted by atomic mass is 10.2. The second-order valence-corrected chi connectivity index (χ2v) is 1.72. The molecule has 0 aliphatic carbocycles. The summed E-state index contributed by atoms with van der Waals surface area (Å²) < 4.78 is 0. The van der Waals surface area contributed by atoms with Crippen LogP contribution in [0.2, 0.25) is 0 Å². The van der Waals surface area contributed by atoms with Crippen LogP contribution in [0.15, 0.2) is 23.8 Å². The lowest BCUT2D eigenvalue weighted by Crippen LogP contribution is -1.69. The van der Waals surface area contributed by atoms with Crippen LogP contribution < -0.4 is 0 Å². The van der Waals surface area contributed by atoms with E-state index >= 15 is 0 Å². The van der Waals surface area contributed by atoms with Gasteiger partial charge in [0.2, 0.25) is 0 Å². The zero-order valence-corrected chi connectivity index (χ0v) is 5.94. The Bertz CT molecular complexity index is 93.9. The number of hydrogen-bond donors (Lipinski definition) is 0. The molecule has 0 spiro atoms. The van der Waals surface area contributed by atoms with Crippen LogP contribution in [0.1, 0.15) is 27.2 Å². The largest absolute Gasteiger partial charge is 0.0874 e. The molecule has 0 saturated carbocycles. The van der Waals surface area contributed by atoms with Crippen molar-refractivity contribution < 1.29 is 0 Å². The number of rotatable bonds is 2. The van der Waals surface area contributed by atoms with Crippen LogP contribution in [0.25, 0.3) is 0 Å². The molecule has 0 bridgehead atoms. The summed E-state index contributed by atoms with van der Waals surface area (Å²) in [7, 11) is 0. The van der Waals surface area contributed by atoms with Gasteiger partial charge in [0.05, 0.1) is 0 Å². The molecule has 0 amide bonds. The summed E-state index contributed by atoms with van der Waals surface area (Å²) in [6.45, 7) is 6.27. The lowest BCUT2D eigenvalue weighted by molar-refractivity contribution is 1.14. The van der Waals surface area contributed by atoms with E-state index in [2.05, 4.69) is 32.1 Å². The van der Waals surface area contributed by atoms with Crippen molar-refractivity contribution in [2.45, 2.75) is 27.2 Å². The van der Waals surface area contributed by atoms with Gasteiger partial charge in [-0.2, -0.15) is 0 Å². The predicted octanol–water partition coefficient (Wildman–Crippen LogP) is 2.92. The van der Waals surface area contributed by atoms with Gasteiger partial charge in [0, 0.05) is 0 Å². The lowest BCUT2D eigenvalue weighted by Gasteiger charge is -1.90. The fraction of sp³-hybridized carbons (Fsp3) is 0.500. The van der Waals surface area contributed by atoms with Gasteiger partial charge >= 0.3 is 0 Å². The molecule has 0 atom stereocenters. The van der Waals surface area contributed by atoms with E-state index < -0.39 is 0 Å². The highest BCUT2D eigenvalue weighted by molar-refractivity contribution is 5.16. The predicted molar refractivity (Wildman–Crippen MR) is 38.9 cm³/mol. The van der Waals surface area contributed by atoms with Crippen LogP contribution in [0.5, 0.6) is 0 Å². The molecule has 0 aromatic carbocycles. The van der Waals surface area contributed by atoms with Crippen molar-refractivity contribution in [3.05, 3.63) is 23.8 Å². The van der Waals surface area contributed by atoms with Crippen molar-refractivity contribution >= 4 is 0 Å². The van der Waals surface area contributed by atoms with Crippen LogP contribution >= 0.6 is 0 Å². The van der Waals surface area contributed by atoms with Crippen LogP contribution in [0.3, 0.4) is 0 Å². The maximum Gasteiger partial charge on any atom is -0.0311 e. The first kappa shape index (κ1) is 7.48. The second kappa shape index (κ2) is 4.63. The summed E-state index contributed by atoms with van der Waals surface area (Å²) in [5.41, 5.74) is 1.41. The fourth-order valence-corrected chi connectivity index (χ4v) is 0.632. The molecule has 0 aliphatic heterocycles. The molecule has 0 saturated heterocycles. The normalized spacial score (nSPS) is 13.1. The third kappa shape index (κ3) is 2.62. The molecule has 0 heterocycles. The molecule has 0 unspecified atom stereocenters. The maximum absolute atomic E-state index is 2.16. The topological polar surface area (TPSA) is 0 Å². The zero-order valence-electron chi connectivity index (χ0n) is 5.94. The molecule has 0 N–H and O–H groups in total. The van der Waals surface area contributed by atoms with E-state index in [-0.39, 0.29) is 0 Å². The van der Waals surface area contributed by atoms with E-state index in [1.165, 1.54) is 5.57 Å². The van der Waals surface area contributed by atoms with Gasteiger partial charge in [-0.3, -0.25) is 0 Å². The zero-order chi connectivity index (χ0) is 6.41. The molecule has 0 nitrogen and oxygen atoms in total. The van der Waals surface area contributed by atoms with E-state index in [9.17, 15) is 0 Å². The minimum absolute atomic E-state index is 1.14. The van der Waals surface area contributed by atoms with Gasteiger partial charge < -0.3 is 0 Å². The fourth-order valence-electron chi connectivity index (χ4n) is 0.632. The van der Waals surface area contributed by atoms with Gasteiger partial charge in [-0.1, -0.05) is 30.7 Å². The maximum atomic E-state index is 2.16. The Balaban J connectivity index is 3.72. The summed E-state index contributed by atoms with van der Waals surface area (Å²) in [6, 6.07) is 0. The van der Waals surface area contributed by atoms with Crippen molar-refractivity contribution in [1.29, 1.82) is 0 Å². The quantitative estimate of drug-likeness (QED) is 0.479. The Morgan fingerprint density at radius 3 is 2.12 bits per heavy atom. The first-order valence-corrected chi connectivity index (χ1v) is 3.13. The van der Waals surface area contributed by atoms with E-state index in [4.69, 9.17) is 0 Å². The van der Waals surface area contributed by atoms with Crippen LogP contribution in [-0.4, -0.2) is 0 Å². The number of allylic oxidation sites excluding steroid dienone is 4. The Labute approximate surface area is 51.9 Å². The highest BCUT2D eigenvalue weighted by atomic mass is 13.9. The van der Waals surface area contributed by atoms with Crippen molar-refractivity contribution in [2.24, 2.45) is 0 Å². The molecule has 8 heavy (non-hydrogen) atoms. The van der Waals surface area contributed by atoms with E-state index in [0.717, 1.165) is 6.42 Å². The van der Waals surface area contributed by atoms with Crippen LogP contribution in [0, 0.1) is 0 Å². The average Bonchev–Trinajstić information content (AvgIpc) is 1.83. The highest BCUT2D eigenvalue weighted by Crippen LogP contribution is 2.00. The molecule has 0 aromatic heterocycles. The minimum Gasteiger partial charge on any atom is -0.0874 e. The van der Waals surface area contributed by atoms with Crippen LogP contribution in [0.4, 0.5) is 0 Å². The summed E-state index contributed by atoms with van der Waals surface area (Å²) in [6.07, 6.45) is 7.49. The molecule has 0 radical (unpaired) electrons. The van der Waals surface area contributed by atoms with Gasteiger partial charge in [-0.15, -0.1) is 0 Å². The molecule has 0 rings (SSSR count). The monoisotopic (exact) mass is 110 g/mol. The van der Waals surface area contributed by atoms with Gasteiger partial charge in [0.1, 0.15) is 0 Å². The molecule has 0 heteroatoms. The molecule has 0 aromatic rings. The first-order chi connectivity index (χ1) is 3.85. The Morgan fingerprint density at radius 2 is 2.00 bits per heavy atom. The standard InChI is InChI=1S/C8H14/c1-4-7-8(5-2)6-3/h4-5,7H,6H2,1-3H3/b7-4+,8-5+. The van der Waals surface area contributed by atoms with Gasteiger partial charge in [0.15, 0.2) is 0 Å². The average molecular weight is 110 g/mol. The third-order valence-corrected chi connectivity index (χ3v) is 1.16. The molecule has 46 valence electrons. The summed E-state index contributed by atoms with van der Waals surface area (Å²) in [5, 5.41) is 0. The minimum atomic E-state index is 1.14. The SMILES string of the molecule is C/C=C/C(=C/C)CC. The molecular formula is C8H14. The highest BCUT2D eigenvalue weighted by Gasteiger charge is 1.79. The van der Waals surface area contributed by atoms with Gasteiger partial charge in [0.25, 0.3) is 0 Å². The Morgan fingerprint density at radius 1 is 1.38 bits per heavy atom. The van der Waals surface area contributed by atoms with Gasteiger partial charge in [-0.05, 0) is 20.3 Å². The Hall–Kier alpha value is -0.520. The molecule has 0 fully saturated rings. The van der Waals surface area contributed by atoms with E-state index in [1.54, 1.807) is 0 Å².